The SMILES string of the molecule is O=C(O)N1CCC[C@@H](N(OS(=O)(=O)O)c2cccc(F)c2)C1. The van der Waals surface area contributed by atoms with Crippen molar-refractivity contribution in [2.45, 2.75) is 18.9 Å². The van der Waals surface area contributed by atoms with Crippen LogP contribution in [-0.4, -0.2) is 48.2 Å². The second-order valence-electron chi connectivity index (χ2n) is 4.83. The standard InChI is InChI=1S/C12H15FN2O6S/c13-9-3-1-4-10(7-9)15(21-22(18,19)20)11-5-2-6-14(8-11)12(16)17/h1,3-4,7,11H,2,5-6,8H2,(H,16,17)(H,18,19,20)/t11-/m1/s1. The van der Waals surface area contributed by atoms with E-state index in [4.69, 9.17) is 9.66 Å². The summed E-state index contributed by atoms with van der Waals surface area (Å²) >= 11 is 0. The first-order valence-electron chi connectivity index (χ1n) is 6.46. The van der Waals surface area contributed by atoms with Gasteiger partial charge in [0.1, 0.15) is 5.82 Å². The fraction of sp³-hybridized carbons (Fsp3) is 0.417. The molecule has 1 aliphatic rings. The van der Waals surface area contributed by atoms with E-state index in [-0.39, 0.29) is 12.2 Å². The van der Waals surface area contributed by atoms with Gasteiger partial charge >= 0.3 is 16.5 Å². The maximum absolute atomic E-state index is 13.3. The summed E-state index contributed by atoms with van der Waals surface area (Å²) in [6.07, 6.45) is -0.233. The summed E-state index contributed by atoms with van der Waals surface area (Å²) in [7, 11) is -4.83. The van der Waals surface area contributed by atoms with Crippen LogP contribution in [0.1, 0.15) is 12.8 Å². The van der Waals surface area contributed by atoms with Crippen molar-refractivity contribution in [3.63, 3.8) is 0 Å². The highest BCUT2D eigenvalue weighted by molar-refractivity contribution is 7.80. The zero-order valence-corrected chi connectivity index (χ0v) is 12.2. The zero-order valence-electron chi connectivity index (χ0n) is 11.4. The molecule has 10 heteroatoms. The Kier molecular flexibility index (Phi) is 4.84. The van der Waals surface area contributed by atoms with Gasteiger partial charge in [-0.15, -0.1) is 4.28 Å². The number of piperidine rings is 1. The third kappa shape index (κ3) is 4.29. The molecule has 0 aliphatic carbocycles. The summed E-state index contributed by atoms with van der Waals surface area (Å²) in [5.41, 5.74) is 0.0647. The van der Waals surface area contributed by atoms with Crippen LogP contribution in [0.25, 0.3) is 0 Å². The summed E-state index contributed by atoms with van der Waals surface area (Å²) in [6.45, 7) is 0.288. The summed E-state index contributed by atoms with van der Waals surface area (Å²) in [5.74, 6) is -0.618. The van der Waals surface area contributed by atoms with E-state index >= 15 is 0 Å². The van der Waals surface area contributed by atoms with Crippen molar-refractivity contribution in [1.82, 2.24) is 4.90 Å². The highest BCUT2D eigenvalue weighted by Crippen LogP contribution is 2.25. The van der Waals surface area contributed by atoms with Crippen molar-refractivity contribution in [2.75, 3.05) is 18.2 Å². The highest BCUT2D eigenvalue weighted by Gasteiger charge is 2.31. The van der Waals surface area contributed by atoms with Crippen LogP contribution < -0.4 is 5.06 Å². The Labute approximate surface area is 126 Å². The number of carbonyl (C=O) groups is 1. The number of rotatable bonds is 4. The van der Waals surface area contributed by atoms with E-state index in [0.29, 0.717) is 19.4 Å². The number of amides is 1. The van der Waals surface area contributed by atoms with Crippen molar-refractivity contribution >= 4 is 22.2 Å². The number of anilines is 1. The number of hydrogen-bond acceptors (Lipinski definition) is 5. The zero-order chi connectivity index (χ0) is 16.3. The molecule has 1 saturated heterocycles. The van der Waals surface area contributed by atoms with Gasteiger partial charge in [0.15, 0.2) is 0 Å². The van der Waals surface area contributed by atoms with Crippen molar-refractivity contribution in [3.05, 3.63) is 30.1 Å². The molecule has 2 rings (SSSR count). The van der Waals surface area contributed by atoms with E-state index in [2.05, 4.69) is 4.28 Å². The molecule has 0 aromatic heterocycles. The van der Waals surface area contributed by atoms with Gasteiger partial charge in [-0.25, -0.2) is 14.2 Å². The second-order valence-corrected chi connectivity index (χ2v) is 5.84. The number of carboxylic acid groups (broad SMARTS) is 1. The molecule has 1 atom stereocenters. The van der Waals surface area contributed by atoms with E-state index in [1.807, 2.05) is 0 Å². The Morgan fingerprint density at radius 2 is 2.18 bits per heavy atom. The number of hydrogen-bond donors (Lipinski definition) is 2. The lowest BCUT2D eigenvalue weighted by atomic mass is 10.1. The predicted molar refractivity (Wildman–Crippen MR) is 74.1 cm³/mol. The molecular formula is C12H15FN2O6S. The topological polar surface area (TPSA) is 107 Å². The molecule has 8 nitrogen and oxygen atoms in total. The van der Waals surface area contributed by atoms with Crippen LogP contribution in [0.15, 0.2) is 24.3 Å². The molecule has 0 spiro atoms. The van der Waals surface area contributed by atoms with Crippen molar-refractivity contribution in [2.24, 2.45) is 0 Å². The monoisotopic (exact) mass is 334 g/mol. The molecule has 2 N–H and O–H groups in total. The van der Waals surface area contributed by atoms with Gasteiger partial charge in [-0.1, -0.05) is 6.07 Å². The van der Waals surface area contributed by atoms with Gasteiger partial charge in [0.2, 0.25) is 0 Å². The first-order valence-corrected chi connectivity index (χ1v) is 7.82. The van der Waals surface area contributed by atoms with E-state index in [1.165, 1.54) is 18.2 Å². The minimum absolute atomic E-state index is 0.0264. The Balaban J connectivity index is 2.30. The molecule has 122 valence electrons. The molecule has 1 aliphatic heterocycles. The average Bonchev–Trinajstić information content (AvgIpc) is 2.44. The van der Waals surface area contributed by atoms with Crippen LogP contribution in [0.3, 0.4) is 0 Å². The van der Waals surface area contributed by atoms with Crippen molar-refractivity contribution in [1.29, 1.82) is 0 Å². The summed E-state index contributed by atoms with van der Waals surface area (Å²) in [6, 6.07) is 4.27. The largest absolute Gasteiger partial charge is 0.465 e. The molecule has 1 aromatic carbocycles. The molecule has 0 radical (unpaired) electrons. The predicted octanol–water partition coefficient (Wildman–Crippen LogP) is 1.51. The summed E-state index contributed by atoms with van der Waals surface area (Å²) in [4.78, 5) is 12.1. The average molecular weight is 334 g/mol. The fourth-order valence-corrected chi connectivity index (χ4v) is 2.76. The van der Waals surface area contributed by atoms with Gasteiger partial charge in [0.05, 0.1) is 11.7 Å². The number of nitrogens with zero attached hydrogens (tertiary/aromatic N) is 2. The van der Waals surface area contributed by atoms with E-state index < -0.39 is 28.4 Å². The Morgan fingerprint density at radius 3 is 2.77 bits per heavy atom. The highest BCUT2D eigenvalue weighted by atomic mass is 32.3. The smallest absolute Gasteiger partial charge is 0.418 e. The molecule has 0 unspecified atom stereocenters. The van der Waals surface area contributed by atoms with Gasteiger partial charge in [-0.3, -0.25) is 4.55 Å². The maximum atomic E-state index is 13.3. The number of likely N-dealkylation sites (tertiary alicyclic amines) is 1. The lowest BCUT2D eigenvalue weighted by molar-refractivity contribution is 0.113. The van der Waals surface area contributed by atoms with Crippen LogP contribution in [0.2, 0.25) is 0 Å². The molecule has 1 aromatic rings. The Morgan fingerprint density at radius 1 is 1.45 bits per heavy atom. The third-order valence-electron chi connectivity index (χ3n) is 3.24. The lowest BCUT2D eigenvalue weighted by Crippen LogP contribution is -2.50. The van der Waals surface area contributed by atoms with E-state index in [1.54, 1.807) is 0 Å². The van der Waals surface area contributed by atoms with Crippen LogP contribution in [0.5, 0.6) is 0 Å². The normalized spacial score (nSPS) is 19.0. The molecule has 1 fully saturated rings. The number of benzene rings is 1. The van der Waals surface area contributed by atoms with Gasteiger partial charge in [-0.05, 0) is 31.0 Å². The quantitative estimate of drug-likeness (QED) is 0.635. The van der Waals surface area contributed by atoms with Crippen LogP contribution >= 0.6 is 0 Å². The first-order chi connectivity index (χ1) is 10.3. The van der Waals surface area contributed by atoms with Crippen molar-refractivity contribution < 1.29 is 31.5 Å². The van der Waals surface area contributed by atoms with Gasteiger partial charge in [0, 0.05) is 13.1 Å². The minimum Gasteiger partial charge on any atom is -0.465 e. The third-order valence-corrected chi connectivity index (χ3v) is 3.58. The minimum atomic E-state index is -4.83. The van der Waals surface area contributed by atoms with E-state index in [9.17, 15) is 17.6 Å². The van der Waals surface area contributed by atoms with Gasteiger partial charge in [0.25, 0.3) is 0 Å². The number of halogens is 1. The molecule has 0 saturated carbocycles. The Hall–Kier alpha value is -1.91. The van der Waals surface area contributed by atoms with E-state index in [0.717, 1.165) is 16.0 Å². The molecule has 0 bridgehead atoms. The second kappa shape index (κ2) is 6.46. The summed E-state index contributed by atoms with van der Waals surface area (Å²) < 4.78 is 48.8. The lowest BCUT2D eigenvalue weighted by Gasteiger charge is -2.37. The van der Waals surface area contributed by atoms with Crippen LogP contribution in [-0.2, 0) is 14.7 Å². The van der Waals surface area contributed by atoms with Gasteiger partial charge < -0.3 is 10.0 Å². The molecule has 1 heterocycles. The Bertz CT molecular complexity index is 653. The molecular weight excluding hydrogens is 319 g/mol. The first kappa shape index (κ1) is 16.5. The molecule has 22 heavy (non-hydrogen) atoms. The van der Waals surface area contributed by atoms with Crippen LogP contribution in [0.4, 0.5) is 14.9 Å². The van der Waals surface area contributed by atoms with Crippen molar-refractivity contribution in [3.8, 4) is 0 Å². The summed E-state index contributed by atoms with van der Waals surface area (Å²) in [5, 5.41) is 9.85. The maximum Gasteiger partial charge on any atom is 0.418 e. The number of hydroxylamine groups is 1. The fourth-order valence-electron chi connectivity index (χ4n) is 2.35. The molecule has 1 amide bonds. The van der Waals surface area contributed by atoms with Gasteiger partial charge in [-0.2, -0.15) is 8.42 Å². The van der Waals surface area contributed by atoms with Crippen LogP contribution in [0, 0.1) is 5.82 Å².